The number of hydrogen-bond acceptors (Lipinski definition) is 3. The lowest BCUT2D eigenvalue weighted by Crippen LogP contribution is -2.29. The molecule has 2 amide bonds. The van der Waals surface area contributed by atoms with E-state index in [0.717, 1.165) is 0 Å². The van der Waals surface area contributed by atoms with Crippen LogP contribution < -0.4 is 16.2 Å². The Bertz CT molecular complexity index is 844. The molecule has 2 rings (SSSR count). The number of pyridine rings is 1. The Balaban J connectivity index is 2.05. The fourth-order valence-corrected chi connectivity index (χ4v) is 1.88. The number of carbonyl (C=O) groups is 2. The number of amides is 2. The maximum atomic E-state index is 11.8. The minimum atomic E-state index is -0.499. The molecule has 0 saturated heterocycles. The van der Waals surface area contributed by atoms with Gasteiger partial charge in [0.1, 0.15) is 5.56 Å². The van der Waals surface area contributed by atoms with Gasteiger partial charge in [0.2, 0.25) is 0 Å². The van der Waals surface area contributed by atoms with Crippen molar-refractivity contribution in [3.05, 3.63) is 69.6 Å². The van der Waals surface area contributed by atoms with Gasteiger partial charge >= 0.3 is 0 Å². The predicted octanol–water partition coefficient (Wildman–Crippen LogP) is 0.516. The number of nitrogens with one attached hydrogen (secondary N) is 3. The van der Waals surface area contributed by atoms with Crippen molar-refractivity contribution in [3.63, 3.8) is 0 Å². The molecule has 0 aliphatic heterocycles. The molecule has 1 aromatic heterocycles. The van der Waals surface area contributed by atoms with Crippen LogP contribution in [0.5, 0.6) is 0 Å². The van der Waals surface area contributed by atoms with E-state index in [1.54, 1.807) is 37.4 Å². The topological polar surface area (TPSA) is 91.1 Å². The van der Waals surface area contributed by atoms with Gasteiger partial charge in [-0.25, -0.2) is 0 Å². The van der Waals surface area contributed by atoms with Crippen molar-refractivity contribution in [2.45, 2.75) is 0 Å². The lowest BCUT2D eigenvalue weighted by atomic mass is 10.1. The zero-order valence-electron chi connectivity index (χ0n) is 12.5. The zero-order valence-corrected chi connectivity index (χ0v) is 12.5. The molecule has 1 aromatic carbocycles. The molecule has 3 N–H and O–H groups in total. The Kier molecular flexibility index (Phi) is 5.31. The van der Waals surface area contributed by atoms with Gasteiger partial charge in [-0.1, -0.05) is 24.0 Å². The molecule has 0 saturated carbocycles. The number of H-pyrrole nitrogens is 1. The first-order valence-electron chi connectivity index (χ1n) is 6.89. The van der Waals surface area contributed by atoms with Gasteiger partial charge in [0.05, 0.1) is 12.1 Å². The SMILES string of the molecule is CNC(=O)c1ccccc1C#CCNC(=O)c1ccc[nH]c1=O. The summed E-state index contributed by atoms with van der Waals surface area (Å²) >= 11 is 0. The van der Waals surface area contributed by atoms with E-state index in [1.807, 2.05) is 0 Å². The van der Waals surface area contributed by atoms with E-state index in [-0.39, 0.29) is 18.0 Å². The third-order valence-electron chi connectivity index (χ3n) is 3.02. The fourth-order valence-electron chi connectivity index (χ4n) is 1.88. The number of carbonyl (C=O) groups excluding carboxylic acids is 2. The first-order chi connectivity index (χ1) is 11.1. The maximum Gasteiger partial charge on any atom is 0.260 e. The number of aromatic nitrogens is 1. The van der Waals surface area contributed by atoms with Crippen LogP contribution >= 0.6 is 0 Å². The minimum absolute atomic E-state index is 0.0278. The highest BCUT2D eigenvalue weighted by Crippen LogP contribution is 2.06. The average molecular weight is 309 g/mol. The second-order valence-corrected chi connectivity index (χ2v) is 4.52. The van der Waals surface area contributed by atoms with Gasteiger partial charge in [-0.15, -0.1) is 0 Å². The summed E-state index contributed by atoms with van der Waals surface area (Å²) in [6.45, 7) is 0.0647. The molecule has 0 atom stereocenters. The van der Waals surface area contributed by atoms with Crippen LogP contribution in [0.1, 0.15) is 26.3 Å². The van der Waals surface area contributed by atoms with Crippen LogP contribution in [0.25, 0.3) is 0 Å². The first-order valence-corrected chi connectivity index (χ1v) is 6.89. The summed E-state index contributed by atoms with van der Waals surface area (Å²) in [5.41, 5.74) is 0.606. The van der Waals surface area contributed by atoms with Crippen molar-refractivity contribution < 1.29 is 9.59 Å². The van der Waals surface area contributed by atoms with Crippen molar-refractivity contribution in [1.29, 1.82) is 0 Å². The maximum absolute atomic E-state index is 11.8. The summed E-state index contributed by atoms with van der Waals surface area (Å²) in [6, 6.07) is 9.92. The molecular formula is C17H15N3O3. The highest BCUT2D eigenvalue weighted by Gasteiger charge is 2.08. The van der Waals surface area contributed by atoms with Crippen LogP contribution in [0.15, 0.2) is 47.4 Å². The number of hydrogen-bond donors (Lipinski definition) is 3. The second-order valence-electron chi connectivity index (χ2n) is 4.52. The van der Waals surface area contributed by atoms with Crippen LogP contribution in [0.4, 0.5) is 0 Å². The van der Waals surface area contributed by atoms with Crippen molar-refractivity contribution >= 4 is 11.8 Å². The van der Waals surface area contributed by atoms with Crippen molar-refractivity contribution in [1.82, 2.24) is 15.6 Å². The predicted molar refractivity (Wildman–Crippen MR) is 86.1 cm³/mol. The van der Waals surface area contributed by atoms with Gasteiger partial charge < -0.3 is 15.6 Å². The Morgan fingerprint density at radius 3 is 2.57 bits per heavy atom. The number of benzene rings is 1. The Labute approximate surface area is 132 Å². The van der Waals surface area contributed by atoms with Gasteiger partial charge in [0, 0.05) is 18.8 Å². The normalized spacial score (nSPS) is 9.43. The quantitative estimate of drug-likeness (QED) is 0.722. The minimum Gasteiger partial charge on any atom is -0.355 e. The molecule has 23 heavy (non-hydrogen) atoms. The Morgan fingerprint density at radius 1 is 1.09 bits per heavy atom. The molecule has 0 unspecified atom stereocenters. The average Bonchev–Trinajstić information content (AvgIpc) is 2.58. The molecule has 1 heterocycles. The van der Waals surface area contributed by atoms with Gasteiger partial charge in [-0.2, -0.15) is 0 Å². The molecule has 0 radical (unpaired) electrons. The van der Waals surface area contributed by atoms with E-state index < -0.39 is 11.5 Å². The molecule has 0 spiro atoms. The van der Waals surface area contributed by atoms with Crippen molar-refractivity contribution in [3.8, 4) is 11.8 Å². The Hall–Kier alpha value is -3.33. The van der Waals surface area contributed by atoms with Crippen LogP contribution in [-0.2, 0) is 0 Å². The van der Waals surface area contributed by atoms with Gasteiger partial charge in [-0.05, 0) is 24.3 Å². The Morgan fingerprint density at radius 2 is 1.83 bits per heavy atom. The first kappa shape index (κ1) is 16.0. The van der Waals surface area contributed by atoms with Crippen molar-refractivity contribution in [2.75, 3.05) is 13.6 Å². The third-order valence-corrected chi connectivity index (χ3v) is 3.02. The summed E-state index contributed by atoms with van der Waals surface area (Å²) in [5, 5.41) is 5.08. The largest absolute Gasteiger partial charge is 0.355 e. The van der Waals surface area contributed by atoms with E-state index in [0.29, 0.717) is 11.1 Å². The van der Waals surface area contributed by atoms with E-state index in [2.05, 4.69) is 27.5 Å². The number of aromatic amines is 1. The van der Waals surface area contributed by atoms with E-state index >= 15 is 0 Å². The summed E-state index contributed by atoms with van der Waals surface area (Å²) in [4.78, 5) is 37.4. The van der Waals surface area contributed by atoms with Gasteiger partial charge in [0.15, 0.2) is 0 Å². The summed E-state index contributed by atoms with van der Waals surface area (Å²) in [6.07, 6.45) is 1.45. The van der Waals surface area contributed by atoms with Crippen molar-refractivity contribution in [2.24, 2.45) is 0 Å². The molecule has 6 heteroatoms. The van der Waals surface area contributed by atoms with E-state index in [4.69, 9.17) is 0 Å². The second kappa shape index (κ2) is 7.61. The molecule has 0 aliphatic rings. The molecule has 6 nitrogen and oxygen atoms in total. The van der Waals surface area contributed by atoms with Gasteiger partial charge in [-0.3, -0.25) is 14.4 Å². The summed E-state index contributed by atoms with van der Waals surface area (Å²) < 4.78 is 0. The third kappa shape index (κ3) is 4.08. The van der Waals surface area contributed by atoms with E-state index in [9.17, 15) is 14.4 Å². The highest BCUT2D eigenvalue weighted by molar-refractivity contribution is 5.96. The monoisotopic (exact) mass is 309 g/mol. The molecule has 116 valence electrons. The lowest BCUT2D eigenvalue weighted by molar-refractivity contribution is 0.0951. The van der Waals surface area contributed by atoms with Crippen LogP contribution in [0.2, 0.25) is 0 Å². The van der Waals surface area contributed by atoms with Crippen LogP contribution in [0.3, 0.4) is 0 Å². The molecule has 0 fully saturated rings. The highest BCUT2D eigenvalue weighted by atomic mass is 16.2. The zero-order chi connectivity index (χ0) is 16.7. The van der Waals surface area contributed by atoms with Crippen LogP contribution in [-0.4, -0.2) is 30.4 Å². The smallest absolute Gasteiger partial charge is 0.260 e. The summed E-state index contributed by atoms with van der Waals surface area (Å²) in [5.74, 6) is 4.88. The van der Waals surface area contributed by atoms with Gasteiger partial charge in [0.25, 0.3) is 17.4 Å². The molecule has 0 bridgehead atoms. The summed E-state index contributed by atoms with van der Waals surface area (Å²) in [7, 11) is 1.55. The van der Waals surface area contributed by atoms with Crippen LogP contribution in [0, 0.1) is 11.8 Å². The molecule has 0 aliphatic carbocycles. The molecule has 2 aromatic rings. The lowest BCUT2D eigenvalue weighted by Gasteiger charge is -2.02. The standard InChI is InChI=1S/C17H15N3O3/c1-18-15(21)13-8-3-2-6-12(13)7-4-10-19-16(22)14-9-5-11-20-17(14)23/h2-3,5-6,8-9,11H,10H2,1H3,(H,18,21)(H,19,22)(H,20,23). The fraction of sp³-hybridized carbons (Fsp3) is 0.118. The number of rotatable bonds is 3. The van der Waals surface area contributed by atoms with E-state index in [1.165, 1.54) is 12.3 Å². The molecular weight excluding hydrogens is 294 g/mol.